The Kier molecular flexibility index (Phi) is 2.34. The first-order chi connectivity index (χ1) is 3.43. The molecule has 3 heteroatoms. The second-order valence-corrected chi connectivity index (χ2v) is 2.21. The molecule has 42 valence electrons. The maximum atomic E-state index is 5.02. The van der Waals surface area contributed by atoms with E-state index in [4.69, 9.17) is 3.07 Å². The Bertz CT molecular complexity index is 53.7. The molecule has 1 N–H and O–H groups in total. The number of hydrogen-bond acceptors (Lipinski definition) is 2. The van der Waals surface area contributed by atoms with Crippen molar-refractivity contribution in [2.45, 2.75) is 12.5 Å². The van der Waals surface area contributed by atoms with E-state index in [9.17, 15) is 0 Å². The molecule has 0 saturated carbocycles. The van der Waals surface area contributed by atoms with Crippen LogP contribution < -0.4 is 5.32 Å². The van der Waals surface area contributed by atoms with Crippen LogP contribution in [0.5, 0.6) is 0 Å². The highest BCUT2D eigenvalue weighted by Crippen LogP contribution is 2.05. The summed E-state index contributed by atoms with van der Waals surface area (Å²) >= 11 is 1.95. The summed E-state index contributed by atoms with van der Waals surface area (Å²) in [6, 6.07) is 0. The van der Waals surface area contributed by atoms with Crippen LogP contribution in [0.4, 0.5) is 0 Å². The molecule has 1 atom stereocenters. The average Bonchev–Trinajstić information content (AvgIpc) is 2.14. The molecule has 0 aliphatic carbocycles. The summed E-state index contributed by atoms with van der Waals surface area (Å²) in [7, 11) is 0. The van der Waals surface area contributed by atoms with Crippen molar-refractivity contribution in [1.29, 1.82) is 0 Å². The van der Waals surface area contributed by atoms with Gasteiger partial charge in [0.15, 0.2) is 0 Å². The molecule has 0 aromatic carbocycles. The lowest BCUT2D eigenvalue weighted by Gasteiger charge is -1.98. The average molecular weight is 213 g/mol. The van der Waals surface area contributed by atoms with Crippen LogP contribution in [0.3, 0.4) is 0 Å². The maximum absolute atomic E-state index is 5.02. The van der Waals surface area contributed by atoms with Crippen LogP contribution >= 0.6 is 23.0 Å². The fraction of sp³-hybridized carbons (Fsp3) is 1.00. The lowest BCUT2D eigenvalue weighted by atomic mass is 10.3. The molecule has 1 aliphatic heterocycles. The van der Waals surface area contributed by atoms with Crippen LogP contribution in [0.25, 0.3) is 0 Å². The van der Waals surface area contributed by atoms with Gasteiger partial charge in [-0.15, -0.1) is 0 Å². The Balaban J connectivity index is 2.14. The monoisotopic (exact) mass is 213 g/mol. The number of halogens is 1. The molecule has 0 aromatic rings. The van der Waals surface area contributed by atoms with Crippen molar-refractivity contribution in [2.24, 2.45) is 0 Å². The third kappa shape index (κ3) is 1.54. The summed E-state index contributed by atoms with van der Waals surface area (Å²) in [5.41, 5.74) is 0. The van der Waals surface area contributed by atoms with Crippen molar-refractivity contribution in [3.8, 4) is 0 Å². The first-order valence-electron chi connectivity index (χ1n) is 2.41. The van der Waals surface area contributed by atoms with Gasteiger partial charge in [-0.25, -0.2) is 0 Å². The first-order valence-corrected chi connectivity index (χ1v) is 3.29. The lowest BCUT2D eigenvalue weighted by molar-refractivity contribution is 0.309. The van der Waals surface area contributed by atoms with Gasteiger partial charge in [0.1, 0.15) is 23.0 Å². The van der Waals surface area contributed by atoms with Crippen molar-refractivity contribution in [3.05, 3.63) is 0 Å². The summed E-state index contributed by atoms with van der Waals surface area (Å²) in [5, 5.41) is 3.19. The van der Waals surface area contributed by atoms with Gasteiger partial charge in [-0.2, -0.15) is 0 Å². The van der Waals surface area contributed by atoms with E-state index >= 15 is 0 Å². The number of hydrogen-bond donors (Lipinski definition) is 1. The maximum Gasteiger partial charge on any atom is 0.110 e. The van der Waals surface area contributed by atoms with E-state index in [1.165, 1.54) is 6.42 Å². The minimum absolute atomic E-state index is 0.473. The predicted molar refractivity (Wildman–Crippen MR) is 36.4 cm³/mol. The molecule has 0 aromatic heterocycles. The standard InChI is InChI=1S/C4H8INO/c5-7-4-1-2-6-3-4/h4,6H,1-3H2/t4-/m1/s1. The quantitative estimate of drug-likeness (QED) is 0.648. The van der Waals surface area contributed by atoms with Crippen LogP contribution in [0, 0.1) is 0 Å². The van der Waals surface area contributed by atoms with Crippen molar-refractivity contribution in [3.63, 3.8) is 0 Å². The SMILES string of the molecule is IO[C@@H]1CCNC1. The van der Waals surface area contributed by atoms with Gasteiger partial charge in [0, 0.05) is 6.54 Å². The molecular weight excluding hydrogens is 205 g/mol. The van der Waals surface area contributed by atoms with Crippen molar-refractivity contribution in [1.82, 2.24) is 5.32 Å². The summed E-state index contributed by atoms with van der Waals surface area (Å²) in [5.74, 6) is 0. The molecule has 1 rings (SSSR count). The molecule has 0 radical (unpaired) electrons. The highest BCUT2D eigenvalue weighted by Gasteiger charge is 2.12. The van der Waals surface area contributed by atoms with Crippen molar-refractivity contribution < 1.29 is 3.07 Å². The van der Waals surface area contributed by atoms with Crippen molar-refractivity contribution in [2.75, 3.05) is 13.1 Å². The lowest BCUT2D eigenvalue weighted by Crippen LogP contribution is -2.12. The third-order valence-electron chi connectivity index (χ3n) is 1.14. The minimum atomic E-state index is 0.473. The normalized spacial score (nSPS) is 31.3. The summed E-state index contributed by atoms with van der Waals surface area (Å²) < 4.78 is 5.02. The van der Waals surface area contributed by atoms with E-state index in [0.717, 1.165) is 13.1 Å². The van der Waals surface area contributed by atoms with Gasteiger partial charge in [-0.3, -0.25) is 0 Å². The summed E-state index contributed by atoms with van der Waals surface area (Å²) in [4.78, 5) is 0. The van der Waals surface area contributed by atoms with Gasteiger partial charge in [-0.1, -0.05) is 0 Å². The van der Waals surface area contributed by atoms with Crippen LogP contribution in [-0.2, 0) is 3.07 Å². The van der Waals surface area contributed by atoms with Gasteiger partial charge in [0.2, 0.25) is 0 Å². The topological polar surface area (TPSA) is 21.3 Å². The minimum Gasteiger partial charge on any atom is -0.314 e. The van der Waals surface area contributed by atoms with E-state index in [1.807, 2.05) is 23.0 Å². The zero-order valence-corrected chi connectivity index (χ0v) is 6.14. The van der Waals surface area contributed by atoms with E-state index in [1.54, 1.807) is 0 Å². The van der Waals surface area contributed by atoms with E-state index in [0.29, 0.717) is 6.10 Å². The van der Waals surface area contributed by atoms with Crippen LogP contribution in [0.1, 0.15) is 6.42 Å². The van der Waals surface area contributed by atoms with Crippen LogP contribution in [-0.4, -0.2) is 19.2 Å². The van der Waals surface area contributed by atoms with Crippen LogP contribution in [0.15, 0.2) is 0 Å². The molecule has 0 amide bonds. The molecule has 1 fully saturated rings. The second-order valence-electron chi connectivity index (χ2n) is 1.70. The van der Waals surface area contributed by atoms with Crippen molar-refractivity contribution >= 4 is 23.0 Å². The number of nitrogens with one attached hydrogen (secondary N) is 1. The molecule has 0 spiro atoms. The van der Waals surface area contributed by atoms with Crippen LogP contribution in [0.2, 0.25) is 0 Å². The molecule has 1 saturated heterocycles. The Morgan fingerprint density at radius 1 is 1.71 bits per heavy atom. The molecule has 1 aliphatic rings. The van der Waals surface area contributed by atoms with Gasteiger partial charge >= 0.3 is 0 Å². The fourth-order valence-electron chi connectivity index (χ4n) is 0.704. The Morgan fingerprint density at radius 3 is 2.86 bits per heavy atom. The fourth-order valence-corrected chi connectivity index (χ4v) is 1.14. The Morgan fingerprint density at radius 2 is 2.57 bits per heavy atom. The highest BCUT2D eigenvalue weighted by atomic mass is 127. The molecule has 0 bridgehead atoms. The Labute approximate surface area is 57.3 Å². The molecule has 2 nitrogen and oxygen atoms in total. The zero-order valence-electron chi connectivity index (χ0n) is 3.98. The number of rotatable bonds is 1. The summed E-state index contributed by atoms with van der Waals surface area (Å²) in [6.45, 7) is 2.15. The first kappa shape index (κ1) is 5.78. The van der Waals surface area contributed by atoms with E-state index in [-0.39, 0.29) is 0 Å². The molecule has 0 unspecified atom stereocenters. The smallest absolute Gasteiger partial charge is 0.110 e. The second kappa shape index (κ2) is 2.84. The van der Waals surface area contributed by atoms with E-state index < -0.39 is 0 Å². The highest BCUT2D eigenvalue weighted by molar-refractivity contribution is 14.1. The van der Waals surface area contributed by atoms with Gasteiger partial charge in [0.25, 0.3) is 0 Å². The molecule has 1 heterocycles. The molecular formula is C4H8INO. The predicted octanol–water partition coefficient (Wildman–Crippen LogP) is 0.715. The third-order valence-corrected chi connectivity index (χ3v) is 1.86. The zero-order chi connectivity index (χ0) is 5.11. The van der Waals surface area contributed by atoms with Gasteiger partial charge < -0.3 is 8.38 Å². The van der Waals surface area contributed by atoms with Gasteiger partial charge in [-0.05, 0) is 13.0 Å². The summed E-state index contributed by atoms with van der Waals surface area (Å²) in [6.07, 6.45) is 1.64. The largest absolute Gasteiger partial charge is 0.314 e. The molecule has 7 heavy (non-hydrogen) atoms. The van der Waals surface area contributed by atoms with E-state index in [2.05, 4.69) is 5.32 Å². The van der Waals surface area contributed by atoms with Gasteiger partial charge in [0.05, 0.1) is 6.10 Å². The Hall–Kier alpha value is 0.650.